The molecule has 0 radical (unpaired) electrons. The van der Waals surface area contributed by atoms with Crippen molar-refractivity contribution in [2.24, 2.45) is 0 Å². The Labute approximate surface area is 146 Å². The van der Waals surface area contributed by atoms with E-state index in [1.807, 2.05) is 11.9 Å². The fraction of sp³-hybridized carbons (Fsp3) is 0.235. The molecule has 3 rings (SSSR count). The molecule has 0 aromatic heterocycles. The lowest BCUT2D eigenvalue weighted by molar-refractivity contribution is -0.114. The first kappa shape index (κ1) is 17.1. The fourth-order valence-corrected chi connectivity index (χ4v) is 3.61. The second-order valence-electron chi connectivity index (χ2n) is 5.76. The van der Waals surface area contributed by atoms with Crippen molar-refractivity contribution in [3.63, 3.8) is 0 Å². The van der Waals surface area contributed by atoms with Crippen LogP contribution in [0, 0.1) is 0 Å². The molecule has 0 unspecified atom stereocenters. The topological polar surface area (TPSA) is 87.7 Å². The Balaban J connectivity index is 1.82. The van der Waals surface area contributed by atoms with E-state index in [4.69, 9.17) is 4.74 Å². The number of carbonyl (C=O) groups is 1. The molecule has 2 aromatic carbocycles. The summed E-state index contributed by atoms with van der Waals surface area (Å²) in [6, 6.07) is 11.2. The Bertz CT molecular complexity index is 895. The molecule has 0 bridgehead atoms. The van der Waals surface area contributed by atoms with Crippen LogP contribution in [-0.4, -0.2) is 34.5 Å². The predicted molar refractivity (Wildman–Crippen MR) is 96.8 cm³/mol. The lowest BCUT2D eigenvalue weighted by Crippen LogP contribution is -2.29. The Morgan fingerprint density at radius 3 is 2.48 bits per heavy atom. The first-order valence-electron chi connectivity index (χ1n) is 7.73. The number of ether oxygens (including phenoxy) is 1. The van der Waals surface area contributed by atoms with Crippen molar-refractivity contribution in [3.05, 3.63) is 42.5 Å². The van der Waals surface area contributed by atoms with Crippen LogP contribution in [0.1, 0.15) is 6.92 Å². The van der Waals surface area contributed by atoms with Crippen molar-refractivity contribution < 1.29 is 17.9 Å². The number of carbonyl (C=O) groups excluding carboxylic acids is 1. The number of nitrogens with zero attached hydrogens (tertiary/aromatic N) is 1. The number of rotatable bonds is 4. The van der Waals surface area contributed by atoms with E-state index < -0.39 is 10.0 Å². The molecule has 7 nitrogen and oxygen atoms in total. The average molecular weight is 361 g/mol. The molecular formula is C17H19N3O4S. The summed E-state index contributed by atoms with van der Waals surface area (Å²) in [6.45, 7) is 2.69. The highest BCUT2D eigenvalue weighted by Gasteiger charge is 2.20. The maximum absolute atomic E-state index is 12.6. The second-order valence-corrected chi connectivity index (χ2v) is 7.45. The van der Waals surface area contributed by atoms with Crippen LogP contribution < -0.4 is 19.7 Å². The summed E-state index contributed by atoms with van der Waals surface area (Å²) in [5, 5.41) is 2.63. The van der Waals surface area contributed by atoms with E-state index in [0.717, 1.165) is 5.69 Å². The van der Waals surface area contributed by atoms with Gasteiger partial charge in [0.15, 0.2) is 0 Å². The molecule has 0 spiro atoms. The number of nitrogens with one attached hydrogen (secondary N) is 2. The molecule has 0 atom stereocenters. The van der Waals surface area contributed by atoms with Gasteiger partial charge in [-0.15, -0.1) is 0 Å². The molecule has 1 aliphatic rings. The number of likely N-dealkylation sites (N-methyl/N-ethyl adjacent to an activating group) is 1. The minimum absolute atomic E-state index is 0.162. The first-order valence-corrected chi connectivity index (χ1v) is 9.22. The zero-order valence-electron chi connectivity index (χ0n) is 13.9. The molecule has 2 N–H and O–H groups in total. The minimum Gasteiger partial charge on any atom is -0.490 e. The predicted octanol–water partition coefficient (Wildman–Crippen LogP) is 2.27. The molecule has 1 aliphatic heterocycles. The summed E-state index contributed by atoms with van der Waals surface area (Å²) in [6.07, 6.45) is 0. The van der Waals surface area contributed by atoms with Crippen LogP contribution in [0.3, 0.4) is 0 Å². The van der Waals surface area contributed by atoms with Crippen LogP contribution in [-0.2, 0) is 14.8 Å². The number of benzene rings is 2. The standard InChI is InChI=1S/C17H19N3O4S/c1-12(21)18-13-3-5-14(6-4-13)19-25(22,23)15-7-8-17-16(11-15)20(2)9-10-24-17/h3-8,11,19H,9-10H2,1-2H3,(H,18,21). The minimum atomic E-state index is -3.73. The largest absolute Gasteiger partial charge is 0.490 e. The molecule has 0 fully saturated rings. The molecule has 132 valence electrons. The summed E-state index contributed by atoms with van der Waals surface area (Å²) < 4.78 is 33.3. The highest BCUT2D eigenvalue weighted by atomic mass is 32.2. The molecule has 8 heteroatoms. The third-order valence-corrected chi connectivity index (χ3v) is 5.17. The van der Waals surface area contributed by atoms with E-state index >= 15 is 0 Å². The second kappa shape index (κ2) is 6.64. The highest BCUT2D eigenvalue weighted by Crippen LogP contribution is 2.33. The van der Waals surface area contributed by atoms with Crippen LogP contribution >= 0.6 is 0 Å². The maximum Gasteiger partial charge on any atom is 0.261 e. The Kier molecular flexibility index (Phi) is 4.54. The van der Waals surface area contributed by atoms with Crippen LogP contribution in [0.25, 0.3) is 0 Å². The smallest absolute Gasteiger partial charge is 0.261 e. The van der Waals surface area contributed by atoms with Crippen molar-refractivity contribution in [3.8, 4) is 5.75 Å². The summed E-state index contributed by atoms with van der Waals surface area (Å²) in [7, 11) is -1.83. The lowest BCUT2D eigenvalue weighted by Gasteiger charge is -2.28. The van der Waals surface area contributed by atoms with E-state index in [-0.39, 0.29) is 10.8 Å². The van der Waals surface area contributed by atoms with Crippen molar-refractivity contribution in [2.45, 2.75) is 11.8 Å². The van der Waals surface area contributed by atoms with E-state index in [1.54, 1.807) is 36.4 Å². The SMILES string of the molecule is CC(=O)Nc1ccc(NS(=O)(=O)c2ccc3c(c2)N(C)CCO3)cc1. The molecule has 1 amide bonds. The van der Waals surface area contributed by atoms with Gasteiger partial charge in [0.25, 0.3) is 10.0 Å². The number of fused-ring (bicyclic) bond motifs is 1. The lowest BCUT2D eigenvalue weighted by atomic mass is 10.2. The average Bonchev–Trinajstić information content (AvgIpc) is 2.56. The van der Waals surface area contributed by atoms with Gasteiger partial charge in [-0.25, -0.2) is 8.42 Å². The van der Waals surface area contributed by atoms with E-state index in [2.05, 4.69) is 10.0 Å². The Morgan fingerprint density at radius 1 is 1.12 bits per heavy atom. The van der Waals surface area contributed by atoms with E-state index in [0.29, 0.717) is 30.3 Å². The third-order valence-electron chi connectivity index (χ3n) is 3.79. The molecule has 0 aliphatic carbocycles. The third kappa shape index (κ3) is 3.85. The van der Waals surface area contributed by atoms with Crippen LogP contribution in [0.4, 0.5) is 17.1 Å². The van der Waals surface area contributed by atoms with Gasteiger partial charge in [0.2, 0.25) is 5.91 Å². The number of hydrogen-bond acceptors (Lipinski definition) is 5. The van der Waals surface area contributed by atoms with E-state index in [1.165, 1.54) is 13.0 Å². The van der Waals surface area contributed by atoms with Gasteiger partial charge < -0.3 is 15.0 Å². The van der Waals surface area contributed by atoms with Crippen molar-refractivity contribution in [1.82, 2.24) is 0 Å². The molecule has 0 saturated carbocycles. The Morgan fingerprint density at radius 2 is 1.80 bits per heavy atom. The van der Waals surface area contributed by atoms with Gasteiger partial charge in [0, 0.05) is 25.3 Å². The normalized spacial score (nSPS) is 13.6. The summed E-state index contributed by atoms with van der Waals surface area (Å²) >= 11 is 0. The van der Waals surface area contributed by atoms with Crippen LogP contribution in [0.5, 0.6) is 5.75 Å². The van der Waals surface area contributed by atoms with Gasteiger partial charge in [-0.1, -0.05) is 0 Å². The number of amides is 1. The highest BCUT2D eigenvalue weighted by molar-refractivity contribution is 7.92. The summed E-state index contributed by atoms with van der Waals surface area (Å²) in [5.74, 6) is 0.487. The van der Waals surface area contributed by atoms with E-state index in [9.17, 15) is 13.2 Å². The van der Waals surface area contributed by atoms with Crippen LogP contribution in [0.15, 0.2) is 47.4 Å². The molecular weight excluding hydrogens is 342 g/mol. The molecule has 25 heavy (non-hydrogen) atoms. The zero-order valence-corrected chi connectivity index (χ0v) is 14.8. The maximum atomic E-state index is 12.6. The van der Waals surface area contributed by atoms with Crippen molar-refractivity contribution in [2.75, 3.05) is 35.1 Å². The van der Waals surface area contributed by atoms with Gasteiger partial charge in [-0.3, -0.25) is 9.52 Å². The quantitative estimate of drug-likeness (QED) is 0.872. The van der Waals surface area contributed by atoms with Crippen LogP contribution in [0.2, 0.25) is 0 Å². The van der Waals surface area contributed by atoms with Gasteiger partial charge in [0.1, 0.15) is 12.4 Å². The fourth-order valence-electron chi connectivity index (χ4n) is 2.54. The van der Waals surface area contributed by atoms with Crippen molar-refractivity contribution >= 4 is 33.0 Å². The van der Waals surface area contributed by atoms with Gasteiger partial charge >= 0.3 is 0 Å². The summed E-state index contributed by atoms with van der Waals surface area (Å²) in [4.78, 5) is 13.1. The number of sulfonamides is 1. The van der Waals surface area contributed by atoms with Gasteiger partial charge in [0.05, 0.1) is 17.1 Å². The van der Waals surface area contributed by atoms with Gasteiger partial charge in [-0.05, 0) is 42.5 Å². The molecule has 2 aromatic rings. The Hall–Kier alpha value is -2.74. The number of anilines is 3. The molecule has 0 saturated heterocycles. The van der Waals surface area contributed by atoms with Gasteiger partial charge in [-0.2, -0.15) is 0 Å². The first-order chi connectivity index (χ1) is 11.8. The zero-order chi connectivity index (χ0) is 18.0. The molecule has 1 heterocycles. The summed E-state index contributed by atoms with van der Waals surface area (Å²) in [5.41, 5.74) is 1.76. The number of hydrogen-bond donors (Lipinski definition) is 2. The monoisotopic (exact) mass is 361 g/mol. The van der Waals surface area contributed by atoms with Crippen molar-refractivity contribution in [1.29, 1.82) is 0 Å².